The zero-order chi connectivity index (χ0) is 19.7. The van der Waals surface area contributed by atoms with E-state index in [2.05, 4.69) is 15.8 Å². The van der Waals surface area contributed by atoms with Crippen LogP contribution in [0.2, 0.25) is 0 Å². The van der Waals surface area contributed by atoms with Gasteiger partial charge in [-0.2, -0.15) is 0 Å². The highest BCUT2D eigenvalue weighted by atomic mass is 16.6. The van der Waals surface area contributed by atoms with Crippen molar-refractivity contribution in [2.75, 3.05) is 0 Å². The van der Waals surface area contributed by atoms with Crippen LogP contribution in [-0.2, 0) is 12.8 Å². The first-order valence-electron chi connectivity index (χ1n) is 9.01. The lowest BCUT2D eigenvalue weighted by Crippen LogP contribution is -2.41. The third-order valence-corrected chi connectivity index (χ3v) is 4.99. The molecular weight excluding hydrogens is 360 g/mol. The maximum atomic E-state index is 12.4. The zero-order valence-corrected chi connectivity index (χ0v) is 15.0. The average Bonchev–Trinajstić information content (AvgIpc) is 3.09. The Labute approximate surface area is 160 Å². The van der Waals surface area contributed by atoms with Crippen LogP contribution in [0.3, 0.4) is 0 Å². The van der Waals surface area contributed by atoms with Crippen molar-refractivity contribution in [2.45, 2.75) is 25.7 Å². The number of hydrogen-bond donors (Lipinski definition) is 3. The SMILES string of the molecule is O=C(NNC(=O)c1ccc2[nH]c3c(c2c1)CCCC3)c1ccc([N+](=O)[O-])cc1. The van der Waals surface area contributed by atoms with E-state index in [1.54, 1.807) is 6.07 Å². The largest absolute Gasteiger partial charge is 0.358 e. The number of hydrogen-bond acceptors (Lipinski definition) is 4. The number of non-ortho nitro benzene ring substituents is 1. The van der Waals surface area contributed by atoms with Crippen LogP contribution in [-0.4, -0.2) is 21.7 Å². The van der Waals surface area contributed by atoms with Gasteiger partial charge < -0.3 is 4.98 Å². The van der Waals surface area contributed by atoms with E-state index in [0.29, 0.717) is 5.56 Å². The summed E-state index contributed by atoms with van der Waals surface area (Å²) in [6.07, 6.45) is 4.33. The minimum absolute atomic E-state index is 0.108. The van der Waals surface area contributed by atoms with Gasteiger partial charge in [-0.25, -0.2) is 0 Å². The number of hydrazine groups is 1. The average molecular weight is 378 g/mol. The van der Waals surface area contributed by atoms with Crippen LogP contribution in [0.4, 0.5) is 5.69 Å². The van der Waals surface area contributed by atoms with Gasteiger partial charge in [-0.05, 0) is 61.6 Å². The summed E-state index contributed by atoms with van der Waals surface area (Å²) in [6, 6.07) is 10.6. The van der Waals surface area contributed by atoms with E-state index in [0.717, 1.165) is 30.2 Å². The molecule has 3 aromatic rings. The van der Waals surface area contributed by atoms with Crippen molar-refractivity contribution >= 4 is 28.4 Å². The number of aromatic amines is 1. The summed E-state index contributed by atoms with van der Waals surface area (Å²) in [5, 5.41) is 11.7. The van der Waals surface area contributed by atoms with Crippen molar-refractivity contribution in [3.8, 4) is 0 Å². The fourth-order valence-corrected chi connectivity index (χ4v) is 3.54. The summed E-state index contributed by atoms with van der Waals surface area (Å²) in [5.74, 6) is -0.980. The smallest absolute Gasteiger partial charge is 0.269 e. The molecule has 0 saturated heterocycles. The van der Waals surface area contributed by atoms with Gasteiger partial charge in [0.1, 0.15) is 0 Å². The number of nitro benzene ring substituents is 1. The summed E-state index contributed by atoms with van der Waals surface area (Å²) in [5.41, 5.74) is 8.80. The number of amides is 2. The molecule has 0 fully saturated rings. The second-order valence-corrected chi connectivity index (χ2v) is 6.76. The van der Waals surface area contributed by atoms with Crippen molar-refractivity contribution in [2.24, 2.45) is 0 Å². The zero-order valence-electron chi connectivity index (χ0n) is 15.0. The highest BCUT2D eigenvalue weighted by molar-refractivity contribution is 6.01. The van der Waals surface area contributed by atoms with Crippen LogP contribution >= 0.6 is 0 Å². The third kappa shape index (κ3) is 3.32. The molecule has 0 spiro atoms. The first-order valence-corrected chi connectivity index (χ1v) is 9.01. The van der Waals surface area contributed by atoms with Gasteiger partial charge in [0.2, 0.25) is 0 Å². The number of nitro groups is 1. The van der Waals surface area contributed by atoms with Crippen LogP contribution in [0.15, 0.2) is 42.5 Å². The molecule has 1 aliphatic rings. The predicted molar refractivity (Wildman–Crippen MR) is 103 cm³/mol. The molecule has 0 atom stereocenters. The van der Waals surface area contributed by atoms with Crippen molar-refractivity contribution < 1.29 is 14.5 Å². The number of rotatable bonds is 3. The number of carbonyl (C=O) groups excluding carboxylic acids is 2. The van der Waals surface area contributed by atoms with Crippen LogP contribution in [0.25, 0.3) is 10.9 Å². The van der Waals surface area contributed by atoms with Crippen molar-refractivity contribution in [3.05, 3.63) is 75.0 Å². The lowest BCUT2D eigenvalue weighted by molar-refractivity contribution is -0.384. The topological polar surface area (TPSA) is 117 Å². The van der Waals surface area contributed by atoms with Crippen molar-refractivity contribution in [3.63, 3.8) is 0 Å². The second kappa shape index (κ2) is 7.15. The quantitative estimate of drug-likeness (QED) is 0.480. The normalized spacial score (nSPS) is 13.0. The lowest BCUT2D eigenvalue weighted by Gasteiger charge is -2.11. The van der Waals surface area contributed by atoms with E-state index in [-0.39, 0.29) is 11.3 Å². The number of aromatic nitrogens is 1. The summed E-state index contributed by atoms with van der Waals surface area (Å²) in [6.45, 7) is 0. The number of aryl methyl sites for hydroxylation is 2. The van der Waals surface area contributed by atoms with E-state index in [9.17, 15) is 19.7 Å². The minimum Gasteiger partial charge on any atom is -0.358 e. The minimum atomic E-state index is -0.552. The molecule has 4 rings (SSSR count). The molecule has 0 aliphatic heterocycles. The maximum absolute atomic E-state index is 12.4. The molecule has 0 bridgehead atoms. The van der Waals surface area contributed by atoms with Gasteiger partial charge in [-0.1, -0.05) is 0 Å². The monoisotopic (exact) mass is 378 g/mol. The van der Waals surface area contributed by atoms with Gasteiger partial charge in [-0.15, -0.1) is 0 Å². The molecule has 1 heterocycles. The highest BCUT2D eigenvalue weighted by Gasteiger charge is 2.17. The second-order valence-electron chi connectivity index (χ2n) is 6.76. The van der Waals surface area contributed by atoms with Gasteiger partial charge in [-0.3, -0.25) is 30.6 Å². The van der Waals surface area contributed by atoms with Gasteiger partial charge in [0.25, 0.3) is 17.5 Å². The van der Waals surface area contributed by atoms with Gasteiger partial charge in [0, 0.05) is 39.9 Å². The Morgan fingerprint density at radius 1 is 0.929 bits per heavy atom. The first-order chi connectivity index (χ1) is 13.5. The number of carbonyl (C=O) groups is 2. The molecule has 0 saturated carbocycles. The lowest BCUT2D eigenvalue weighted by atomic mass is 9.95. The van der Waals surface area contributed by atoms with E-state index < -0.39 is 16.7 Å². The van der Waals surface area contributed by atoms with E-state index in [4.69, 9.17) is 0 Å². The Hall–Kier alpha value is -3.68. The molecule has 0 radical (unpaired) electrons. The van der Waals surface area contributed by atoms with Gasteiger partial charge in [0.05, 0.1) is 4.92 Å². The maximum Gasteiger partial charge on any atom is 0.269 e. The fraction of sp³-hybridized carbons (Fsp3) is 0.200. The third-order valence-electron chi connectivity index (χ3n) is 4.99. The Morgan fingerprint density at radius 3 is 2.29 bits per heavy atom. The fourth-order valence-electron chi connectivity index (χ4n) is 3.54. The number of H-pyrrole nitrogens is 1. The summed E-state index contributed by atoms with van der Waals surface area (Å²) >= 11 is 0. The Bertz CT molecular complexity index is 1090. The number of nitrogens with one attached hydrogen (secondary N) is 3. The number of fused-ring (bicyclic) bond motifs is 3. The predicted octanol–water partition coefficient (Wildman–Crippen LogP) is 3.03. The molecule has 1 aromatic heterocycles. The highest BCUT2D eigenvalue weighted by Crippen LogP contribution is 2.29. The van der Waals surface area contributed by atoms with Crippen LogP contribution in [0, 0.1) is 10.1 Å². The molecular formula is C20H18N4O4. The summed E-state index contributed by atoms with van der Waals surface area (Å²) < 4.78 is 0. The molecule has 28 heavy (non-hydrogen) atoms. The molecule has 8 heteroatoms. The van der Waals surface area contributed by atoms with Crippen molar-refractivity contribution in [1.29, 1.82) is 0 Å². The summed E-state index contributed by atoms with van der Waals surface area (Å²) in [4.78, 5) is 38.1. The van der Waals surface area contributed by atoms with Gasteiger partial charge >= 0.3 is 0 Å². The Kier molecular flexibility index (Phi) is 4.52. The molecule has 1 aliphatic carbocycles. The standard InChI is InChI=1S/C20H18N4O4/c25-19(12-5-8-14(9-6-12)24(27)28)22-23-20(26)13-7-10-18-16(11-13)15-3-1-2-4-17(15)21-18/h5-11,21H,1-4H2,(H,22,25)(H,23,26). The van der Waals surface area contributed by atoms with Crippen LogP contribution < -0.4 is 10.9 Å². The van der Waals surface area contributed by atoms with E-state index >= 15 is 0 Å². The number of benzene rings is 2. The Morgan fingerprint density at radius 2 is 1.57 bits per heavy atom. The van der Waals surface area contributed by atoms with Crippen LogP contribution in [0.5, 0.6) is 0 Å². The number of nitrogens with zero attached hydrogens (tertiary/aromatic N) is 1. The van der Waals surface area contributed by atoms with E-state index in [1.165, 1.54) is 41.9 Å². The molecule has 142 valence electrons. The Balaban J connectivity index is 1.46. The first kappa shape index (κ1) is 17.7. The van der Waals surface area contributed by atoms with E-state index in [1.807, 2.05) is 12.1 Å². The molecule has 8 nitrogen and oxygen atoms in total. The molecule has 2 amide bonds. The van der Waals surface area contributed by atoms with Crippen LogP contribution in [0.1, 0.15) is 44.8 Å². The summed E-state index contributed by atoms with van der Waals surface area (Å²) in [7, 11) is 0. The van der Waals surface area contributed by atoms with Crippen molar-refractivity contribution in [1.82, 2.24) is 15.8 Å². The molecule has 0 unspecified atom stereocenters. The molecule has 3 N–H and O–H groups in total. The molecule has 2 aromatic carbocycles. The van der Waals surface area contributed by atoms with Gasteiger partial charge in [0.15, 0.2) is 0 Å².